The summed E-state index contributed by atoms with van der Waals surface area (Å²) in [5.41, 5.74) is 0.939. The molecule has 1 saturated carbocycles. The molecule has 1 aromatic carbocycles. The van der Waals surface area contributed by atoms with Gasteiger partial charge in [-0.15, -0.1) is 0 Å². The average molecular weight is 355 g/mol. The van der Waals surface area contributed by atoms with Crippen molar-refractivity contribution in [2.45, 2.75) is 58.0 Å². The normalized spacial score (nSPS) is 18.2. The highest BCUT2D eigenvalue weighted by Gasteiger charge is 2.20. The van der Waals surface area contributed by atoms with Crippen LogP contribution < -0.4 is 5.32 Å². The summed E-state index contributed by atoms with van der Waals surface area (Å²) in [4.78, 5) is 10.8. The molecule has 4 nitrogen and oxygen atoms in total. The highest BCUT2D eigenvalue weighted by molar-refractivity contribution is 9.10. The molecule has 0 spiro atoms. The van der Waals surface area contributed by atoms with Crippen molar-refractivity contribution in [3.63, 3.8) is 0 Å². The van der Waals surface area contributed by atoms with Crippen LogP contribution in [-0.2, 0) is 6.54 Å². The Bertz CT molecular complexity index is 485. The molecule has 1 atom stereocenters. The van der Waals surface area contributed by atoms with Gasteiger partial charge in [-0.2, -0.15) is 0 Å². The zero-order valence-electron chi connectivity index (χ0n) is 12.5. The van der Waals surface area contributed by atoms with Crippen molar-refractivity contribution in [2.75, 3.05) is 0 Å². The van der Waals surface area contributed by atoms with Gasteiger partial charge in [-0.25, -0.2) is 0 Å². The first-order chi connectivity index (χ1) is 10.1. The predicted molar refractivity (Wildman–Crippen MR) is 88.3 cm³/mol. The number of nitro groups is 1. The third kappa shape index (κ3) is 4.78. The Morgan fingerprint density at radius 1 is 1.33 bits per heavy atom. The summed E-state index contributed by atoms with van der Waals surface area (Å²) in [6.07, 6.45) is 7.87. The molecule has 1 aromatic rings. The van der Waals surface area contributed by atoms with Gasteiger partial charge in [0, 0.05) is 28.7 Å². The first-order valence-electron chi connectivity index (χ1n) is 7.74. The predicted octanol–water partition coefficient (Wildman–Crippen LogP) is 4.81. The molecule has 0 amide bonds. The molecule has 1 fully saturated rings. The number of nitrogens with one attached hydrogen (secondary N) is 1. The molecule has 0 radical (unpaired) electrons. The van der Waals surface area contributed by atoms with Crippen LogP contribution in [0.1, 0.15) is 51.0 Å². The summed E-state index contributed by atoms with van der Waals surface area (Å²) >= 11 is 3.39. The Labute approximate surface area is 134 Å². The summed E-state index contributed by atoms with van der Waals surface area (Å²) in [5, 5.41) is 14.6. The molecule has 1 aliphatic rings. The number of benzene rings is 1. The molecule has 0 aliphatic heterocycles. The third-order valence-corrected chi connectivity index (χ3v) is 4.95. The second kappa shape index (κ2) is 7.90. The fourth-order valence-corrected chi connectivity index (χ4v) is 3.53. The first kappa shape index (κ1) is 16.4. The number of nitro benzene ring substituents is 1. The zero-order valence-corrected chi connectivity index (χ0v) is 14.1. The minimum absolute atomic E-state index is 0.193. The number of rotatable bonds is 5. The van der Waals surface area contributed by atoms with Crippen molar-refractivity contribution in [1.82, 2.24) is 5.32 Å². The maximum Gasteiger partial charge on any atom is 0.273 e. The van der Waals surface area contributed by atoms with Crippen molar-refractivity contribution < 1.29 is 4.92 Å². The lowest BCUT2D eigenvalue weighted by molar-refractivity contribution is -0.385. The quantitative estimate of drug-likeness (QED) is 0.469. The van der Waals surface area contributed by atoms with Gasteiger partial charge in [-0.3, -0.25) is 10.1 Å². The summed E-state index contributed by atoms with van der Waals surface area (Å²) in [7, 11) is 0. The van der Waals surface area contributed by atoms with Gasteiger partial charge in [0.05, 0.1) is 4.92 Å². The Morgan fingerprint density at radius 2 is 2.00 bits per heavy atom. The third-order valence-electron chi connectivity index (χ3n) is 4.46. The van der Waals surface area contributed by atoms with Gasteiger partial charge in [0.2, 0.25) is 0 Å². The van der Waals surface area contributed by atoms with Gasteiger partial charge < -0.3 is 5.32 Å². The molecule has 0 aromatic heterocycles. The van der Waals surface area contributed by atoms with E-state index in [0.29, 0.717) is 18.5 Å². The lowest BCUT2D eigenvalue weighted by Crippen LogP contribution is -2.33. The van der Waals surface area contributed by atoms with Crippen LogP contribution in [0.2, 0.25) is 0 Å². The highest BCUT2D eigenvalue weighted by atomic mass is 79.9. The molecule has 5 heteroatoms. The molecular formula is C16H23BrN2O2. The van der Waals surface area contributed by atoms with E-state index in [4.69, 9.17) is 0 Å². The van der Waals surface area contributed by atoms with Gasteiger partial charge in [0.1, 0.15) is 0 Å². The van der Waals surface area contributed by atoms with E-state index in [9.17, 15) is 10.1 Å². The largest absolute Gasteiger partial charge is 0.310 e. The average Bonchev–Trinajstić information content (AvgIpc) is 2.73. The van der Waals surface area contributed by atoms with E-state index in [1.807, 2.05) is 6.07 Å². The van der Waals surface area contributed by atoms with Gasteiger partial charge in [0.25, 0.3) is 5.69 Å². The van der Waals surface area contributed by atoms with Crippen LogP contribution in [0.3, 0.4) is 0 Å². The Kier molecular flexibility index (Phi) is 6.18. The molecule has 0 heterocycles. The molecule has 21 heavy (non-hydrogen) atoms. The van der Waals surface area contributed by atoms with Crippen LogP contribution in [-0.4, -0.2) is 11.0 Å². The minimum Gasteiger partial charge on any atom is -0.310 e. The number of halogens is 1. The SMILES string of the molecule is C[C@H](NCc1cc(Br)ccc1[N+](=O)[O-])C1CCCCCC1. The van der Waals surface area contributed by atoms with Crippen LogP contribution in [0.15, 0.2) is 22.7 Å². The molecule has 0 bridgehead atoms. The van der Waals surface area contributed by atoms with Crippen LogP contribution in [0, 0.1) is 16.0 Å². The van der Waals surface area contributed by atoms with E-state index < -0.39 is 0 Å². The van der Waals surface area contributed by atoms with E-state index in [1.165, 1.54) is 38.5 Å². The van der Waals surface area contributed by atoms with E-state index >= 15 is 0 Å². The van der Waals surface area contributed by atoms with E-state index in [-0.39, 0.29) is 10.6 Å². The smallest absolute Gasteiger partial charge is 0.273 e. The monoisotopic (exact) mass is 354 g/mol. The number of nitrogens with zero attached hydrogens (tertiary/aromatic N) is 1. The van der Waals surface area contributed by atoms with Gasteiger partial charge in [-0.05, 0) is 37.8 Å². The fourth-order valence-electron chi connectivity index (χ4n) is 3.12. The molecular weight excluding hydrogens is 332 g/mol. The number of hydrogen-bond acceptors (Lipinski definition) is 3. The zero-order chi connectivity index (χ0) is 15.2. The summed E-state index contributed by atoms with van der Waals surface area (Å²) in [6.45, 7) is 2.76. The fraction of sp³-hybridized carbons (Fsp3) is 0.625. The van der Waals surface area contributed by atoms with Crippen LogP contribution >= 0.6 is 15.9 Å². The lowest BCUT2D eigenvalue weighted by Gasteiger charge is -2.23. The highest BCUT2D eigenvalue weighted by Crippen LogP contribution is 2.27. The van der Waals surface area contributed by atoms with Crippen molar-refractivity contribution in [2.24, 2.45) is 5.92 Å². The maximum atomic E-state index is 11.1. The van der Waals surface area contributed by atoms with Gasteiger partial charge >= 0.3 is 0 Å². The molecule has 0 unspecified atom stereocenters. The van der Waals surface area contributed by atoms with Gasteiger partial charge in [0.15, 0.2) is 0 Å². The van der Waals surface area contributed by atoms with E-state index in [0.717, 1.165) is 10.0 Å². The first-order valence-corrected chi connectivity index (χ1v) is 8.53. The summed E-state index contributed by atoms with van der Waals surface area (Å²) in [5.74, 6) is 0.693. The van der Waals surface area contributed by atoms with Crippen molar-refractivity contribution >= 4 is 21.6 Å². The Balaban J connectivity index is 1.98. The van der Waals surface area contributed by atoms with Crippen LogP contribution in [0.25, 0.3) is 0 Å². The minimum atomic E-state index is -0.306. The topological polar surface area (TPSA) is 55.2 Å². The van der Waals surface area contributed by atoms with Crippen molar-refractivity contribution in [3.8, 4) is 0 Å². The lowest BCUT2D eigenvalue weighted by atomic mass is 9.93. The number of hydrogen-bond donors (Lipinski definition) is 1. The second-order valence-corrected chi connectivity index (χ2v) is 6.87. The molecule has 1 N–H and O–H groups in total. The van der Waals surface area contributed by atoms with Crippen molar-refractivity contribution in [1.29, 1.82) is 0 Å². The van der Waals surface area contributed by atoms with Crippen LogP contribution in [0.5, 0.6) is 0 Å². The second-order valence-electron chi connectivity index (χ2n) is 5.95. The maximum absolute atomic E-state index is 11.1. The molecule has 116 valence electrons. The standard InChI is InChI=1S/C16H23BrN2O2/c1-12(13-6-4-2-3-5-7-13)18-11-14-10-15(17)8-9-16(14)19(20)21/h8-10,12-13,18H,2-7,11H2,1H3/t12-/m0/s1. The molecule has 0 saturated heterocycles. The summed E-state index contributed by atoms with van der Waals surface area (Å²) in [6, 6.07) is 5.53. The van der Waals surface area contributed by atoms with E-state index in [2.05, 4.69) is 28.2 Å². The van der Waals surface area contributed by atoms with Gasteiger partial charge in [-0.1, -0.05) is 41.6 Å². The Morgan fingerprint density at radius 3 is 2.62 bits per heavy atom. The van der Waals surface area contributed by atoms with Crippen molar-refractivity contribution in [3.05, 3.63) is 38.3 Å². The van der Waals surface area contributed by atoms with E-state index in [1.54, 1.807) is 12.1 Å². The molecule has 2 rings (SSSR count). The molecule has 1 aliphatic carbocycles. The van der Waals surface area contributed by atoms with Crippen LogP contribution in [0.4, 0.5) is 5.69 Å². The Hall–Kier alpha value is -0.940. The summed E-state index contributed by atoms with van der Waals surface area (Å²) < 4.78 is 0.881.